The molecule has 98 valence electrons. The summed E-state index contributed by atoms with van der Waals surface area (Å²) in [6.45, 7) is 0.702. The Kier molecular flexibility index (Phi) is 2.70. The quantitative estimate of drug-likeness (QED) is 0.722. The van der Waals surface area contributed by atoms with Crippen LogP contribution >= 0.6 is 0 Å². The number of amides is 2. The Morgan fingerprint density at radius 1 is 1.42 bits per heavy atom. The van der Waals surface area contributed by atoms with Gasteiger partial charge >= 0.3 is 6.03 Å². The van der Waals surface area contributed by atoms with Gasteiger partial charge < -0.3 is 4.90 Å². The van der Waals surface area contributed by atoms with Crippen LogP contribution in [0.5, 0.6) is 0 Å². The molecule has 0 unspecified atom stereocenters. The molecule has 19 heavy (non-hydrogen) atoms. The van der Waals surface area contributed by atoms with Crippen molar-refractivity contribution < 1.29 is 4.79 Å². The Morgan fingerprint density at radius 3 is 2.84 bits per heavy atom. The first kappa shape index (κ1) is 12.0. The molecule has 0 radical (unpaired) electrons. The van der Waals surface area contributed by atoms with Gasteiger partial charge in [-0.2, -0.15) is 0 Å². The highest BCUT2D eigenvalue weighted by Gasteiger charge is 2.50. The first-order valence-corrected chi connectivity index (χ1v) is 6.65. The molecule has 1 aliphatic heterocycles. The number of rotatable bonds is 1. The predicted octanol–water partition coefficient (Wildman–Crippen LogP) is 2.25. The number of anilines is 1. The molecule has 4 nitrogen and oxygen atoms in total. The Balaban J connectivity index is 1.99. The topological polar surface area (TPSA) is 36.4 Å². The van der Waals surface area contributed by atoms with Gasteiger partial charge in [0.15, 0.2) is 5.82 Å². The van der Waals surface area contributed by atoms with E-state index in [1.54, 1.807) is 17.2 Å². The first-order chi connectivity index (χ1) is 9.18. The van der Waals surface area contributed by atoms with E-state index in [0.717, 1.165) is 12.8 Å². The maximum atomic E-state index is 12.5. The van der Waals surface area contributed by atoms with Gasteiger partial charge in [-0.15, -0.1) is 6.42 Å². The van der Waals surface area contributed by atoms with Crippen LogP contribution in [0.25, 0.3) is 0 Å². The van der Waals surface area contributed by atoms with Gasteiger partial charge in [0.1, 0.15) is 0 Å². The van der Waals surface area contributed by atoms with E-state index in [0.29, 0.717) is 17.9 Å². The van der Waals surface area contributed by atoms with Crippen LogP contribution in [-0.4, -0.2) is 35.0 Å². The van der Waals surface area contributed by atoms with Gasteiger partial charge in [0.2, 0.25) is 0 Å². The number of nitrogens with zero attached hydrogens (tertiary/aromatic N) is 3. The number of aromatic nitrogens is 1. The van der Waals surface area contributed by atoms with Crippen molar-refractivity contribution in [3.8, 4) is 12.3 Å². The standard InChI is InChI=1S/C15H17N3O/c1-3-12-7-6-10-16-13(12)18-11-15(8-4-5-9-15)17(2)14(18)19/h1,6-7,10H,4-5,8-9,11H2,2H3. The molecule has 0 N–H and O–H groups in total. The van der Waals surface area contributed by atoms with Crippen molar-refractivity contribution in [2.75, 3.05) is 18.5 Å². The lowest BCUT2D eigenvalue weighted by atomic mass is 9.97. The maximum absolute atomic E-state index is 12.5. The lowest BCUT2D eigenvalue weighted by Gasteiger charge is -2.29. The van der Waals surface area contributed by atoms with Gasteiger partial charge in [0, 0.05) is 13.2 Å². The molecule has 1 aromatic heterocycles. The highest BCUT2D eigenvalue weighted by molar-refractivity contribution is 5.95. The van der Waals surface area contributed by atoms with Crippen molar-refractivity contribution in [1.29, 1.82) is 0 Å². The van der Waals surface area contributed by atoms with Crippen molar-refractivity contribution in [3.05, 3.63) is 23.9 Å². The zero-order valence-electron chi connectivity index (χ0n) is 11.1. The SMILES string of the molecule is C#Cc1cccnc1N1CC2(CCCC2)N(C)C1=O. The second kappa shape index (κ2) is 4.27. The predicted molar refractivity (Wildman–Crippen MR) is 73.9 cm³/mol. The summed E-state index contributed by atoms with van der Waals surface area (Å²) < 4.78 is 0. The molecule has 2 aliphatic rings. The van der Waals surface area contributed by atoms with Crippen LogP contribution in [0.2, 0.25) is 0 Å². The number of carbonyl (C=O) groups excluding carboxylic acids is 1. The first-order valence-electron chi connectivity index (χ1n) is 6.65. The summed E-state index contributed by atoms with van der Waals surface area (Å²) in [4.78, 5) is 20.4. The molecule has 1 saturated carbocycles. The minimum Gasteiger partial charge on any atom is -0.320 e. The monoisotopic (exact) mass is 255 g/mol. The molecule has 2 fully saturated rings. The Labute approximate surface area is 113 Å². The molecular formula is C15H17N3O. The van der Waals surface area contributed by atoms with Crippen LogP contribution < -0.4 is 4.90 Å². The number of carbonyl (C=O) groups is 1. The van der Waals surface area contributed by atoms with Crippen LogP contribution in [0.3, 0.4) is 0 Å². The van der Waals surface area contributed by atoms with Crippen molar-refractivity contribution in [1.82, 2.24) is 9.88 Å². The van der Waals surface area contributed by atoms with Crippen LogP contribution in [0.4, 0.5) is 10.6 Å². The highest BCUT2D eigenvalue weighted by atomic mass is 16.2. The molecule has 0 bridgehead atoms. The Hall–Kier alpha value is -2.02. The lowest BCUT2D eigenvalue weighted by Crippen LogP contribution is -2.41. The fourth-order valence-corrected chi connectivity index (χ4v) is 3.27. The third kappa shape index (κ3) is 1.69. The van der Waals surface area contributed by atoms with E-state index >= 15 is 0 Å². The number of terminal acetylenes is 1. The van der Waals surface area contributed by atoms with Crippen LogP contribution in [0.1, 0.15) is 31.2 Å². The number of hydrogen-bond acceptors (Lipinski definition) is 2. The molecule has 3 rings (SSSR count). The summed E-state index contributed by atoms with van der Waals surface area (Å²) in [6.07, 6.45) is 11.7. The van der Waals surface area contributed by atoms with E-state index in [9.17, 15) is 4.79 Å². The molecule has 1 aromatic rings. The largest absolute Gasteiger partial charge is 0.326 e. The molecule has 2 heterocycles. The molecule has 1 aliphatic carbocycles. The van der Waals surface area contributed by atoms with Crippen molar-refractivity contribution >= 4 is 11.8 Å². The Morgan fingerprint density at radius 2 is 2.16 bits per heavy atom. The van der Waals surface area contributed by atoms with Crippen molar-refractivity contribution in [2.45, 2.75) is 31.2 Å². The average molecular weight is 255 g/mol. The second-order valence-electron chi connectivity index (χ2n) is 5.38. The minimum atomic E-state index is -0.0134. The van der Waals surface area contributed by atoms with Gasteiger partial charge in [-0.1, -0.05) is 18.8 Å². The van der Waals surface area contributed by atoms with E-state index in [-0.39, 0.29) is 11.6 Å². The van der Waals surface area contributed by atoms with E-state index in [1.807, 2.05) is 18.0 Å². The van der Waals surface area contributed by atoms with Crippen molar-refractivity contribution in [3.63, 3.8) is 0 Å². The minimum absolute atomic E-state index is 0.0112. The summed E-state index contributed by atoms with van der Waals surface area (Å²) >= 11 is 0. The summed E-state index contributed by atoms with van der Waals surface area (Å²) in [7, 11) is 1.89. The number of hydrogen-bond donors (Lipinski definition) is 0. The van der Waals surface area contributed by atoms with Gasteiger partial charge in [-0.05, 0) is 25.0 Å². The molecule has 0 aromatic carbocycles. The highest BCUT2D eigenvalue weighted by Crippen LogP contribution is 2.41. The second-order valence-corrected chi connectivity index (χ2v) is 5.38. The van der Waals surface area contributed by atoms with Crippen LogP contribution in [-0.2, 0) is 0 Å². The maximum Gasteiger partial charge on any atom is 0.326 e. The Bertz CT molecular complexity index is 555. The van der Waals surface area contributed by atoms with E-state index in [1.165, 1.54) is 12.8 Å². The summed E-state index contributed by atoms with van der Waals surface area (Å²) in [5.74, 6) is 3.23. The third-order valence-corrected chi connectivity index (χ3v) is 4.41. The van der Waals surface area contributed by atoms with Crippen LogP contribution in [0, 0.1) is 12.3 Å². The van der Waals surface area contributed by atoms with Gasteiger partial charge in [-0.25, -0.2) is 9.78 Å². The molecule has 1 spiro atoms. The average Bonchev–Trinajstić information content (AvgIpc) is 3.01. The third-order valence-electron chi connectivity index (χ3n) is 4.41. The van der Waals surface area contributed by atoms with Gasteiger partial charge in [0.25, 0.3) is 0 Å². The van der Waals surface area contributed by atoms with Gasteiger partial charge in [0.05, 0.1) is 17.6 Å². The number of likely N-dealkylation sites (N-methyl/N-ethyl adjacent to an activating group) is 1. The fraction of sp³-hybridized carbons (Fsp3) is 0.467. The molecule has 1 saturated heterocycles. The lowest BCUT2D eigenvalue weighted by molar-refractivity contribution is 0.182. The van der Waals surface area contributed by atoms with E-state index in [4.69, 9.17) is 6.42 Å². The fourth-order valence-electron chi connectivity index (χ4n) is 3.27. The van der Waals surface area contributed by atoms with Crippen LogP contribution in [0.15, 0.2) is 18.3 Å². The van der Waals surface area contributed by atoms with Crippen molar-refractivity contribution in [2.24, 2.45) is 0 Å². The normalized spacial score (nSPS) is 21.2. The van der Waals surface area contributed by atoms with E-state index in [2.05, 4.69) is 10.9 Å². The molecular weight excluding hydrogens is 238 g/mol. The smallest absolute Gasteiger partial charge is 0.320 e. The molecule has 4 heteroatoms. The summed E-state index contributed by atoms with van der Waals surface area (Å²) in [5, 5.41) is 0. The zero-order valence-corrected chi connectivity index (χ0v) is 11.1. The summed E-state index contributed by atoms with van der Waals surface area (Å²) in [6, 6.07) is 3.64. The number of pyridine rings is 1. The number of urea groups is 1. The van der Waals surface area contributed by atoms with Gasteiger partial charge in [-0.3, -0.25) is 4.90 Å². The van der Waals surface area contributed by atoms with E-state index < -0.39 is 0 Å². The zero-order chi connectivity index (χ0) is 13.5. The molecule has 0 atom stereocenters. The summed E-state index contributed by atoms with van der Waals surface area (Å²) in [5.41, 5.74) is 0.666. The molecule has 2 amide bonds.